The van der Waals surface area contributed by atoms with Crippen LogP contribution in [0.4, 0.5) is 8.78 Å². The van der Waals surface area contributed by atoms with Gasteiger partial charge in [0.2, 0.25) is 0 Å². The summed E-state index contributed by atoms with van der Waals surface area (Å²) in [5.41, 5.74) is 0.842. The molecular weight excluding hydrogens is 240 g/mol. The van der Waals surface area contributed by atoms with Crippen molar-refractivity contribution in [1.82, 2.24) is 5.32 Å². The predicted molar refractivity (Wildman–Crippen MR) is 63.6 cm³/mol. The van der Waals surface area contributed by atoms with Gasteiger partial charge in [-0.25, -0.2) is 0 Å². The van der Waals surface area contributed by atoms with Gasteiger partial charge in [0.1, 0.15) is 5.75 Å². The maximum atomic E-state index is 12.0. The molecule has 0 atom stereocenters. The molecule has 0 aromatic heterocycles. The fourth-order valence-electron chi connectivity index (χ4n) is 2.07. The van der Waals surface area contributed by atoms with Crippen molar-refractivity contribution >= 4 is 0 Å². The van der Waals surface area contributed by atoms with Crippen LogP contribution in [0.1, 0.15) is 24.8 Å². The fourth-order valence-corrected chi connectivity index (χ4v) is 2.07. The topological polar surface area (TPSA) is 41.5 Å². The summed E-state index contributed by atoms with van der Waals surface area (Å²) in [7, 11) is 0. The van der Waals surface area contributed by atoms with Crippen LogP contribution in [0.25, 0.3) is 0 Å². The quantitative estimate of drug-likeness (QED) is 0.821. The van der Waals surface area contributed by atoms with Gasteiger partial charge in [-0.3, -0.25) is 0 Å². The minimum atomic E-state index is -2.79. The van der Waals surface area contributed by atoms with Gasteiger partial charge in [0.25, 0.3) is 0 Å². The molecule has 0 spiro atoms. The lowest BCUT2D eigenvalue weighted by atomic mass is 9.77. The van der Waals surface area contributed by atoms with Gasteiger partial charge in [-0.1, -0.05) is 12.1 Å². The Labute approximate surface area is 105 Å². The van der Waals surface area contributed by atoms with E-state index in [2.05, 4.69) is 10.1 Å². The maximum Gasteiger partial charge on any atom is 0.387 e. The lowest BCUT2D eigenvalue weighted by molar-refractivity contribution is -0.0498. The van der Waals surface area contributed by atoms with E-state index in [1.54, 1.807) is 12.1 Å². The molecule has 1 aliphatic carbocycles. The Morgan fingerprint density at radius 1 is 1.28 bits per heavy atom. The average Bonchev–Trinajstić information content (AvgIpc) is 2.30. The number of nitrogens with one attached hydrogen (secondary N) is 1. The van der Waals surface area contributed by atoms with Crippen LogP contribution in [-0.4, -0.2) is 23.9 Å². The molecule has 5 heteroatoms. The molecule has 1 aliphatic rings. The molecule has 3 nitrogen and oxygen atoms in total. The number of halogens is 2. The lowest BCUT2D eigenvalue weighted by Crippen LogP contribution is -2.53. The van der Waals surface area contributed by atoms with E-state index in [4.69, 9.17) is 0 Å². The Kier molecular flexibility index (Phi) is 4.14. The fraction of sp³-hybridized carbons (Fsp3) is 0.538. The van der Waals surface area contributed by atoms with Gasteiger partial charge in [0.05, 0.1) is 6.61 Å². The minimum Gasteiger partial charge on any atom is -0.435 e. The molecule has 100 valence electrons. The van der Waals surface area contributed by atoms with E-state index in [0.29, 0.717) is 6.54 Å². The Bertz CT molecular complexity index is 372. The van der Waals surface area contributed by atoms with E-state index < -0.39 is 6.61 Å². The van der Waals surface area contributed by atoms with Crippen molar-refractivity contribution < 1.29 is 18.6 Å². The second-order valence-electron chi connectivity index (χ2n) is 4.67. The molecule has 18 heavy (non-hydrogen) atoms. The zero-order valence-corrected chi connectivity index (χ0v) is 10.0. The summed E-state index contributed by atoms with van der Waals surface area (Å²) in [5, 5.41) is 12.6. The number of hydrogen-bond donors (Lipinski definition) is 2. The van der Waals surface area contributed by atoms with Crippen LogP contribution in [0.2, 0.25) is 0 Å². The molecule has 0 unspecified atom stereocenters. The molecule has 1 aromatic carbocycles. The first-order chi connectivity index (χ1) is 8.63. The SMILES string of the molecule is OCC1(NCc2ccc(OC(F)F)cc2)CCC1. The molecule has 2 rings (SSSR count). The van der Waals surface area contributed by atoms with E-state index in [9.17, 15) is 13.9 Å². The second-order valence-corrected chi connectivity index (χ2v) is 4.67. The smallest absolute Gasteiger partial charge is 0.387 e. The number of aliphatic hydroxyl groups excluding tert-OH is 1. The Morgan fingerprint density at radius 2 is 1.94 bits per heavy atom. The predicted octanol–water partition coefficient (Wildman–Crippen LogP) is 2.29. The maximum absolute atomic E-state index is 12.0. The van der Waals surface area contributed by atoms with Gasteiger partial charge < -0.3 is 15.2 Å². The summed E-state index contributed by atoms with van der Waals surface area (Å²) in [6.07, 6.45) is 3.10. The van der Waals surface area contributed by atoms with Crippen LogP contribution >= 0.6 is 0 Å². The Balaban J connectivity index is 1.86. The van der Waals surface area contributed by atoms with Crippen LogP contribution in [-0.2, 0) is 6.54 Å². The summed E-state index contributed by atoms with van der Waals surface area (Å²) < 4.78 is 28.2. The molecule has 0 saturated heterocycles. The van der Waals surface area contributed by atoms with Crippen LogP contribution in [0.5, 0.6) is 5.75 Å². The van der Waals surface area contributed by atoms with Crippen LogP contribution in [0.3, 0.4) is 0 Å². The first-order valence-corrected chi connectivity index (χ1v) is 6.03. The van der Waals surface area contributed by atoms with Crippen molar-refractivity contribution in [3.63, 3.8) is 0 Å². The van der Waals surface area contributed by atoms with Gasteiger partial charge >= 0.3 is 6.61 Å². The third-order valence-electron chi connectivity index (χ3n) is 3.43. The number of hydrogen-bond acceptors (Lipinski definition) is 3. The van der Waals surface area contributed by atoms with Gasteiger partial charge in [0.15, 0.2) is 0 Å². The van der Waals surface area contributed by atoms with Gasteiger partial charge in [-0.05, 0) is 37.0 Å². The van der Waals surface area contributed by atoms with E-state index >= 15 is 0 Å². The van der Waals surface area contributed by atoms with Crippen LogP contribution < -0.4 is 10.1 Å². The zero-order chi connectivity index (χ0) is 13.0. The molecule has 1 fully saturated rings. The van der Waals surface area contributed by atoms with Crippen molar-refractivity contribution in [3.8, 4) is 5.75 Å². The number of alkyl halides is 2. The van der Waals surface area contributed by atoms with E-state index in [-0.39, 0.29) is 17.9 Å². The number of rotatable bonds is 6. The van der Waals surface area contributed by atoms with Crippen molar-refractivity contribution in [2.24, 2.45) is 0 Å². The van der Waals surface area contributed by atoms with Crippen molar-refractivity contribution in [2.45, 2.75) is 38.0 Å². The van der Waals surface area contributed by atoms with Crippen LogP contribution in [0.15, 0.2) is 24.3 Å². The number of benzene rings is 1. The molecule has 1 saturated carbocycles. The van der Waals surface area contributed by atoms with Crippen molar-refractivity contribution in [2.75, 3.05) is 6.61 Å². The monoisotopic (exact) mass is 257 g/mol. The van der Waals surface area contributed by atoms with E-state index in [0.717, 1.165) is 24.8 Å². The van der Waals surface area contributed by atoms with E-state index in [1.807, 2.05) is 0 Å². The summed E-state index contributed by atoms with van der Waals surface area (Å²) in [6, 6.07) is 6.54. The third kappa shape index (κ3) is 3.17. The van der Waals surface area contributed by atoms with Crippen molar-refractivity contribution in [1.29, 1.82) is 0 Å². The summed E-state index contributed by atoms with van der Waals surface area (Å²) in [5.74, 6) is 0.161. The third-order valence-corrected chi connectivity index (χ3v) is 3.43. The molecule has 0 aliphatic heterocycles. The molecule has 0 bridgehead atoms. The minimum absolute atomic E-state index is 0.138. The molecule has 0 amide bonds. The largest absolute Gasteiger partial charge is 0.435 e. The van der Waals surface area contributed by atoms with Gasteiger partial charge in [0, 0.05) is 12.1 Å². The highest BCUT2D eigenvalue weighted by Crippen LogP contribution is 2.31. The lowest BCUT2D eigenvalue weighted by Gasteiger charge is -2.41. The highest BCUT2D eigenvalue weighted by molar-refractivity contribution is 5.27. The van der Waals surface area contributed by atoms with Gasteiger partial charge in [-0.2, -0.15) is 8.78 Å². The Hall–Kier alpha value is -1.20. The summed E-state index contributed by atoms with van der Waals surface area (Å²) >= 11 is 0. The molecule has 1 aromatic rings. The molecule has 2 N–H and O–H groups in total. The van der Waals surface area contributed by atoms with E-state index in [1.165, 1.54) is 12.1 Å². The number of aliphatic hydroxyl groups is 1. The molecule has 0 radical (unpaired) electrons. The summed E-state index contributed by atoms with van der Waals surface area (Å²) in [4.78, 5) is 0. The molecular formula is C13H17F2NO2. The average molecular weight is 257 g/mol. The zero-order valence-electron chi connectivity index (χ0n) is 10.0. The normalized spacial score (nSPS) is 17.6. The first kappa shape index (κ1) is 13.2. The first-order valence-electron chi connectivity index (χ1n) is 6.03. The molecule has 0 heterocycles. The summed E-state index contributed by atoms with van der Waals surface area (Å²) in [6.45, 7) is -2.03. The highest BCUT2D eigenvalue weighted by atomic mass is 19.3. The standard InChI is InChI=1S/C13H17F2NO2/c14-12(15)18-11-4-2-10(3-5-11)8-16-13(9-17)6-1-7-13/h2-5,12,16-17H,1,6-9H2. The Morgan fingerprint density at radius 3 is 2.39 bits per heavy atom. The second kappa shape index (κ2) is 5.63. The van der Waals surface area contributed by atoms with Crippen molar-refractivity contribution in [3.05, 3.63) is 29.8 Å². The number of ether oxygens (including phenoxy) is 1. The van der Waals surface area contributed by atoms with Gasteiger partial charge in [-0.15, -0.1) is 0 Å². The highest BCUT2D eigenvalue weighted by Gasteiger charge is 2.35. The van der Waals surface area contributed by atoms with Crippen LogP contribution in [0, 0.1) is 0 Å².